The van der Waals surface area contributed by atoms with Crippen molar-refractivity contribution in [2.75, 3.05) is 11.4 Å². The maximum atomic E-state index is 8.82. The van der Waals surface area contributed by atoms with Gasteiger partial charge in [0.05, 0.1) is 0 Å². The monoisotopic (exact) mass is 285 g/mol. The van der Waals surface area contributed by atoms with Crippen molar-refractivity contribution in [1.29, 1.82) is 0 Å². The van der Waals surface area contributed by atoms with Crippen molar-refractivity contribution in [2.45, 2.75) is 20.4 Å². The van der Waals surface area contributed by atoms with Crippen molar-refractivity contribution in [2.24, 2.45) is 10.9 Å². The maximum absolute atomic E-state index is 8.82. The van der Waals surface area contributed by atoms with E-state index in [2.05, 4.69) is 26.9 Å². The summed E-state index contributed by atoms with van der Waals surface area (Å²) in [5.74, 6) is 0.887. The molecule has 6 nitrogen and oxygen atoms in total. The smallest absolute Gasteiger partial charge is 0.170 e. The van der Waals surface area contributed by atoms with Gasteiger partial charge >= 0.3 is 0 Å². The van der Waals surface area contributed by atoms with Crippen LogP contribution in [0.1, 0.15) is 23.7 Å². The molecular formula is C15H19N5O. The lowest BCUT2D eigenvalue weighted by Gasteiger charge is -2.23. The summed E-state index contributed by atoms with van der Waals surface area (Å²) in [5.41, 5.74) is 8.31. The SMILES string of the molecule is CCN(Cc1ccncc1)c1cc(/C(N)=N/O)cc(C)n1. The molecule has 0 bridgehead atoms. The van der Waals surface area contributed by atoms with Crippen LogP contribution in [0.3, 0.4) is 0 Å². The predicted octanol–water partition coefficient (Wildman–Crippen LogP) is 1.91. The molecule has 0 spiro atoms. The minimum Gasteiger partial charge on any atom is -0.409 e. The highest BCUT2D eigenvalue weighted by Gasteiger charge is 2.10. The maximum Gasteiger partial charge on any atom is 0.170 e. The second-order valence-electron chi connectivity index (χ2n) is 4.71. The number of nitrogens with zero attached hydrogens (tertiary/aromatic N) is 4. The fourth-order valence-corrected chi connectivity index (χ4v) is 2.08. The third kappa shape index (κ3) is 3.68. The van der Waals surface area contributed by atoms with Crippen molar-refractivity contribution in [1.82, 2.24) is 9.97 Å². The molecule has 110 valence electrons. The zero-order valence-corrected chi connectivity index (χ0v) is 12.2. The average Bonchev–Trinajstić information content (AvgIpc) is 2.52. The lowest BCUT2D eigenvalue weighted by molar-refractivity contribution is 0.318. The van der Waals surface area contributed by atoms with E-state index in [-0.39, 0.29) is 5.84 Å². The number of aryl methyl sites for hydroxylation is 1. The molecule has 0 atom stereocenters. The molecule has 0 amide bonds. The first-order chi connectivity index (χ1) is 10.1. The molecule has 0 radical (unpaired) electrons. The number of amidine groups is 1. The fraction of sp³-hybridized carbons (Fsp3) is 0.267. The van der Waals surface area contributed by atoms with Gasteiger partial charge in [-0.25, -0.2) is 4.98 Å². The summed E-state index contributed by atoms with van der Waals surface area (Å²) in [6.07, 6.45) is 3.55. The Bertz CT molecular complexity index is 627. The third-order valence-corrected chi connectivity index (χ3v) is 3.17. The molecule has 0 aliphatic heterocycles. The molecule has 0 aliphatic carbocycles. The van der Waals surface area contributed by atoms with Gasteiger partial charge in [-0.1, -0.05) is 5.16 Å². The van der Waals surface area contributed by atoms with Crippen molar-refractivity contribution in [3.63, 3.8) is 0 Å². The van der Waals surface area contributed by atoms with Gasteiger partial charge in [0, 0.05) is 36.7 Å². The summed E-state index contributed by atoms with van der Waals surface area (Å²) in [7, 11) is 0. The van der Waals surface area contributed by atoms with Crippen molar-refractivity contribution in [3.05, 3.63) is 53.5 Å². The number of hydrogen-bond donors (Lipinski definition) is 2. The quantitative estimate of drug-likeness (QED) is 0.379. The normalized spacial score (nSPS) is 11.4. The van der Waals surface area contributed by atoms with Crippen LogP contribution in [0.2, 0.25) is 0 Å². The topological polar surface area (TPSA) is 87.6 Å². The highest BCUT2D eigenvalue weighted by molar-refractivity contribution is 5.97. The molecular weight excluding hydrogens is 266 g/mol. The minimum absolute atomic E-state index is 0.0849. The van der Waals surface area contributed by atoms with E-state index in [1.54, 1.807) is 18.5 Å². The van der Waals surface area contributed by atoms with Gasteiger partial charge in [0.25, 0.3) is 0 Å². The van der Waals surface area contributed by atoms with Gasteiger partial charge in [-0.2, -0.15) is 0 Å². The molecule has 2 rings (SSSR count). The van der Waals surface area contributed by atoms with E-state index in [1.165, 1.54) is 0 Å². The summed E-state index contributed by atoms with van der Waals surface area (Å²) in [5, 5.41) is 11.9. The zero-order chi connectivity index (χ0) is 15.2. The van der Waals surface area contributed by atoms with E-state index in [1.807, 2.05) is 25.1 Å². The van der Waals surface area contributed by atoms with Crippen LogP contribution in [-0.4, -0.2) is 27.6 Å². The van der Waals surface area contributed by atoms with Crippen LogP contribution in [0.25, 0.3) is 0 Å². The average molecular weight is 285 g/mol. The van der Waals surface area contributed by atoms with E-state index in [4.69, 9.17) is 10.9 Å². The standard InChI is InChI=1S/C15H19N5O/c1-3-20(10-12-4-6-17-7-5-12)14-9-13(15(16)19-21)8-11(2)18-14/h4-9,21H,3,10H2,1-2H3,(H2,16,19). The molecule has 0 unspecified atom stereocenters. The lowest BCUT2D eigenvalue weighted by Crippen LogP contribution is -2.24. The Labute approximate surface area is 123 Å². The van der Waals surface area contributed by atoms with E-state index >= 15 is 0 Å². The van der Waals surface area contributed by atoms with Crippen molar-refractivity contribution >= 4 is 11.7 Å². The van der Waals surface area contributed by atoms with Crippen LogP contribution in [0.5, 0.6) is 0 Å². The van der Waals surface area contributed by atoms with Crippen molar-refractivity contribution < 1.29 is 5.21 Å². The Hall–Kier alpha value is -2.63. The summed E-state index contributed by atoms with van der Waals surface area (Å²) in [4.78, 5) is 10.7. The molecule has 0 saturated heterocycles. The molecule has 21 heavy (non-hydrogen) atoms. The Morgan fingerprint density at radius 2 is 2.05 bits per heavy atom. The summed E-state index contributed by atoms with van der Waals surface area (Å²) in [6, 6.07) is 7.57. The summed E-state index contributed by atoms with van der Waals surface area (Å²) < 4.78 is 0. The Morgan fingerprint density at radius 1 is 1.33 bits per heavy atom. The molecule has 2 heterocycles. The van der Waals surface area contributed by atoms with E-state index in [0.29, 0.717) is 5.56 Å². The second kappa shape index (κ2) is 6.69. The lowest BCUT2D eigenvalue weighted by atomic mass is 10.2. The number of anilines is 1. The highest BCUT2D eigenvalue weighted by atomic mass is 16.4. The van der Waals surface area contributed by atoms with Crippen LogP contribution in [0.4, 0.5) is 5.82 Å². The van der Waals surface area contributed by atoms with Gasteiger partial charge in [-0.05, 0) is 43.7 Å². The Balaban J connectivity index is 2.31. The number of aromatic nitrogens is 2. The minimum atomic E-state index is 0.0849. The molecule has 0 saturated carbocycles. The van der Waals surface area contributed by atoms with E-state index in [9.17, 15) is 0 Å². The molecule has 2 aromatic heterocycles. The van der Waals surface area contributed by atoms with Crippen LogP contribution in [-0.2, 0) is 6.54 Å². The highest BCUT2D eigenvalue weighted by Crippen LogP contribution is 2.17. The van der Waals surface area contributed by atoms with E-state index < -0.39 is 0 Å². The van der Waals surface area contributed by atoms with Gasteiger partial charge in [0.15, 0.2) is 5.84 Å². The second-order valence-corrected chi connectivity index (χ2v) is 4.71. The van der Waals surface area contributed by atoms with Gasteiger partial charge in [0.2, 0.25) is 0 Å². The Kier molecular flexibility index (Phi) is 4.71. The van der Waals surface area contributed by atoms with Crippen LogP contribution in [0, 0.1) is 6.92 Å². The number of hydrogen-bond acceptors (Lipinski definition) is 5. The number of oxime groups is 1. The summed E-state index contributed by atoms with van der Waals surface area (Å²) >= 11 is 0. The molecule has 3 N–H and O–H groups in total. The Morgan fingerprint density at radius 3 is 2.67 bits per heavy atom. The number of pyridine rings is 2. The predicted molar refractivity (Wildman–Crippen MR) is 82.4 cm³/mol. The van der Waals surface area contributed by atoms with E-state index in [0.717, 1.165) is 30.2 Å². The summed E-state index contributed by atoms with van der Waals surface area (Å²) in [6.45, 7) is 5.48. The molecule has 0 aliphatic rings. The molecule has 2 aromatic rings. The molecule has 0 aromatic carbocycles. The first-order valence-electron chi connectivity index (χ1n) is 6.74. The van der Waals surface area contributed by atoms with Crippen molar-refractivity contribution in [3.8, 4) is 0 Å². The number of rotatable bonds is 5. The molecule has 0 fully saturated rings. The largest absolute Gasteiger partial charge is 0.409 e. The van der Waals surface area contributed by atoms with Gasteiger partial charge in [-0.3, -0.25) is 4.98 Å². The van der Waals surface area contributed by atoms with Crippen LogP contribution in [0.15, 0.2) is 41.8 Å². The zero-order valence-electron chi connectivity index (χ0n) is 12.2. The third-order valence-electron chi connectivity index (χ3n) is 3.17. The fourth-order valence-electron chi connectivity index (χ4n) is 2.08. The molecule has 6 heteroatoms. The van der Waals surface area contributed by atoms with Gasteiger partial charge < -0.3 is 15.8 Å². The van der Waals surface area contributed by atoms with Crippen LogP contribution < -0.4 is 10.6 Å². The van der Waals surface area contributed by atoms with Crippen LogP contribution >= 0.6 is 0 Å². The van der Waals surface area contributed by atoms with Gasteiger partial charge in [0.1, 0.15) is 5.82 Å². The van der Waals surface area contributed by atoms with Gasteiger partial charge in [-0.15, -0.1) is 0 Å². The first-order valence-corrected chi connectivity index (χ1v) is 6.74. The first kappa shape index (κ1) is 14.8. The number of nitrogens with two attached hydrogens (primary N) is 1.